The van der Waals surface area contributed by atoms with Crippen molar-refractivity contribution in [2.45, 2.75) is 55.2 Å². The van der Waals surface area contributed by atoms with E-state index in [9.17, 15) is 10.2 Å². The molecule has 122 valence electrons. The van der Waals surface area contributed by atoms with E-state index < -0.39 is 30.0 Å². The first-order chi connectivity index (χ1) is 10.6. The zero-order valence-electron chi connectivity index (χ0n) is 12.7. The van der Waals surface area contributed by atoms with Crippen LogP contribution < -0.4 is 0 Å². The summed E-state index contributed by atoms with van der Waals surface area (Å²) in [7, 11) is 0. The second-order valence-corrected chi connectivity index (χ2v) is 7.57. The van der Waals surface area contributed by atoms with Crippen LogP contribution in [0.25, 0.3) is 0 Å². The van der Waals surface area contributed by atoms with Crippen molar-refractivity contribution in [2.24, 2.45) is 0 Å². The van der Waals surface area contributed by atoms with Crippen molar-refractivity contribution in [1.29, 1.82) is 0 Å². The molecule has 0 bridgehead atoms. The highest BCUT2D eigenvalue weighted by molar-refractivity contribution is 8.00. The van der Waals surface area contributed by atoms with Gasteiger partial charge in [-0.15, -0.1) is 11.8 Å². The molecule has 3 rings (SSSR count). The Bertz CT molecular complexity index is 481. The first-order valence-electron chi connectivity index (χ1n) is 7.55. The summed E-state index contributed by atoms with van der Waals surface area (Å²) in [5, 5.41) is 21.0. The van der Waals surface area contributed by atoms with Crippen LogP contribution in [0.3, 0.4) is 0 Å². The molecule has 0 saturated carbocycles. The SMILES string of the molecule is CC(C)S[C@@H]1O[C@@H]2CO[C@H](c3ccccc3)O[C@@H]2[C@H](O)[C@H]1O. The minimum Gasteiger partial charge on any atom is -0.387 e. The smallest absolute Gasteiger partial charge is 0.184 e. The topological polar surface area (TPSA) is 68.2 Å². The van der Waals surface area contributed by atoms with Crippen molar-refractivity contribution in [3.63, 3.8) is 0 Å². The molecular weight excluding hydrogens is 304 g/mol. The maximum absolute atomic E-state index is 10.4. The van der Waals surface area contributed by atoms with Gasteiger partial charge in [-0.25, -0.2) is 0 Å². The summed E-state index contributed by atoms with van der Waals surface area (Å²) in [5.74, 6) is 0. The van der Waals surface area contributed by atoms with Crippen molar-refractivity contribution in [1.82, 2.24) is 0 Å². The molecule has 5 nitrogen and oxygen atoms in total. The third-order valence-electron chi connectivity index (χ3n) is 3.81. The van der Waals surface area contributed by atoms with E-state index in [1.165, 1.54) is 11.8 Å². The fourth-order valence-corrected chi connectivity index (χ4v) is 3.80. The van der Waals surface area contributed by atoms with Crippen molar-refractivity contribution >= 4 is 11.8 Å². The fraction of sp³-hybridized carbons (Fsp3) is 0.625. The van der Waals surface area contributed by atoms with Crippen LogP contribution in [-0.2, 0) is 14.2 Å². The first-order valence-corrected chi connectivity index (χ1v) is 8.49. The van der Waals surface area contributed by atoms with E-state index in [4.69, 9.17) is 14.2 Å². The Morgan fingerprint density at radius 2 is 1.82 bits per heavy atom. The van der Waals surface area contributed by atoms with Crippen LogP contribution in [-0.4, -0.2) is 51.9 Å². The van der Waals surface area contributed by atoms with Gasteiger partial charge in [0.2, 0.25) is 0 Å². The predicted molar refractivity (Wildman–Crippen MR) is 83.4 cm³/mol. The fourth-order valence-electron chi connectivity index (χ4n) is 2.74. The van der Waals surface area contributed by atoms with Crippen LogP contribution >= 0.6 is 11.8 Å². The van der Waals surface area contributed by atoms with Crippen LogP contribution in [0.5, 0.6) is 0 Å². The summed E-state index contributed by atoms with van der Waals surface area (Å²) < 4.78 is 17.4. The Labute approximate surface area is 134 Å². The molecule has 6 heteroatoms. The number of fused-ring (bicyclic) bond motifs is 1. The van der Waals surface area contributed by atoms with E-state index in [2.05, 4.69) is 0 Å². The van der Waals surface area contributed by atoms with E-state index in [0.29, 0.717) is 11.9 Å². The number of hydrogen-bond donors (Lipinski definition) is 2. The first kappa shape index (κ1) is 16.2. The van der Waals surface area contributed by atoms with E-state index in [1.807, 2.05) is 44.2 Å². The van der Waals surface area contributed by atoms with Crippen LogP contribution in [0.4, 0.5) is 0 Å². The van der Waals surface area contributed by atoms with E-state index >= 15 is 0 Å². The number of rotatable bonds is 3. The average Bonchev–Trinajstić information content (AvgIpc) is 2.52. The molecule has 0 radical (unpaired) electrons. The molecule has 2 aliphatic heterocycles. The van der Waals surface area contributed by atoms with Crippen molar-refractivity contribution in [3.8, 4) is 0 Å². The average molecular weight is 326 g/mol. The van der Waals surface area contributed by atoms with Crippen molar-refractivity contribution in [3.05, 3.63) is 35.9 Å². The Kier molecular flexibility index (Phi) is 5.07. The molecule has 22 heavy (non-hydrogen) atoms. The summed E-state index contributed by atoms with van der Waals surface area (Å²) in [6.45, 7) is 4.39. The third kappa shape index (κ3) is 3.32. The van der Waals surface area contributed by atoms with E-state index in [1.54, 1.807) is 0 Å². The quantitative estimate of drug-likeness (QED) is 0.881. The molecular formula is C16H22O5S. The molecule has 6 atom stereocenters. The number of aliphatic hydroxyl groups excluding tert-OH is 2. The maximum atomic E-state index is 10.4. The second kappa shape index (κ2) is 6.86. The zero-order valence-corrected chi connectivity index (χ0v) is 13.5. The Hall–Kier alpha value is -0.630. The van der Waals surface area contributed by atoms with Gasteiger partial charge in [-0.1, -0.05) is 44.2 Å². The molecule has 0 unspecified atom stereocenters. The number of benzene rings is 1. The summed E-state index contributed by atoms with van der Waals surface area (Å²) in [5.41, 5.74) is 0.429. The van der Waals surface area contributed by atoms with Crippen molar-refractivity contribution in [2.75, 3.05) is 6.61 Å². The van der Waals surface area contributed by atoms with Gasteiger partial charge >= 0.3 is 0 Å². The minimum atomic E-state index is -0.981. The van der Waals surface area contributed by atoms with E-state index in [0.717, 1.165) is 5.56 Å². The molecule has 2 fully saturated rings. The summed E-state index contributed by atoms with van der Waals surface area (Å²) in [6.07, 6.45) is -3.44. The lowest BCUT2D eigenvalue weighted by molar-refractivity contribution is -0.318. The largest absolute Gasteiger partial charge is 0.387 e. The molecule has 2 saturated heterocycles. The second-order valence-electron chi connectivity index (χ2n) is 5.89. The predicted octanol–water partition coefficient (Wildman–Crippen LogP) is 1.69. The van der Waals surface area contributed by atoms with Gasteiger partial charge in [-0.05, 0) is 0 Å². The van der Waals surface area contributed by atoms with Crippen LogP contribution in [0.2, 0.25) is 0 Å². The molecule has 0 aromatic heterocycles. The molecule has 1 aromatic carbocycles. The lowest BCUT2D eigenvalue weighted by Gasteiger charge is -2.46. The lowest BCUT2D eigenvalue weighted by atomic mass is 9.99. The minimum absolute atomic E-state index is 0.297. The van der Waals surface area contributed by atoms with Gasteiger partial charge in [0.05, 0.1) is 6.61 Å². The van der Waals surface area contributed by atoms with Gasteiger partial charge in [0.25, 0.3) is 0 Å². The van der Waals surface area contributed by atoms with Gasteiger partial charge in [0.1, 0.15) is 29.9 Å². The molecule has 0 spiro atoms. The molecule has 2 heterocycles. The zero-order chi connectivity index (χ0) is 15.7. The summed E-state index contributed by atoms with van der Waals surface area (Å²) >= 11 is 1.50. The lowest BCUT2D eigenvalue weighted by Crippen LogP contribution is -2.61. The highest BCUT2D eigenvalue weighted by Gasteiger charge is 2.49. The molecule has 2 aliphatic rings. The highest BCUT2D eigenvalue weighted by atomic mass is 32.2. The number of hydrogen-bond acceptors (Lipinski definition) is 6. The Balaban J connectivity index is 1.70. The van der Waals surface area contributed by atoms with E-state index in [-0.39, 0.29) is 6.10 Å². The molecule has 0 aliphatic carbocycles. The summed E-state index contributed by atoms with van der Waals surface area (Å²) in [4.78, 5) is 0. The maximum Gasteiger partial charge on any atom is 0.184 e. The molecule has 2 N–H and O–H groups in total. The normalized spacial score (nSPS) is 38.8. The van der Waals surface area contributed by atoms with Gasteiger partial charge in [0, 0.05) is 10.8 Å². The number of aliphatic hydroxyl groups is 2. The Morgan fingerprint density at radius 1 is 1.09 bits per heavy atom. The summed E-state index contributed by atoms with van der Waals surface area (Å²) in [6, 6.07) is 9.56. The highest BCUT2D eigenvalue weighted by Crippen LogP contribution is 2.37. The monoisotopic (exact) mass is 326 g/mol. The van der Waals surface area contributed by atoms with Crippen LogP contribution in [0.15, 0.2) is 30.3 Å². The number of thioether (sulfide) groups is 1. The van der Waals surface area contributed by atoms with Gasteiger partial charge < -0.3 is 24.4 Å². The van der Waals surface area contributed by atoms with Crippen LogP contribution in [0, 0.1) is 0 Å². The number of ether oxygens (including phenoxy) is 3. The van der Waals surface area contributed by atoms with Crippen molar-refractivity contribution < 1.29 is 24.4 Å². The standard InChI is InChI=1S/C16H22O5S/c1-9(2)22-16-13(18)12(17)14-11(20-16)8-19-15(21-14)10-6-4-3-5-7-10/h3-7,9,11-18H,8H2,1-2H3/t11-,12-,13-,14+,15+,16+/m1/s1. The van der Waals surface area contributed by atoms with Crippen LogP contribution in [0.1, 0.15) is 25.7 Å². The van der Waals surface area contributed by atoms with Gasteiger partial charge in [-0.3, -0.25) is 0 Å². The van der Waals surface area contributed by atoms with Gasteiger partial charge in [0.15, 0.2) is 6.29 Å². The molecule has 1 aromatic rings. The van der Waals surface area contributed by atoms with Gasteiger partial charge in [-0.2, -0.15) is 0 Å². The third-order valence-corrected chi connectivity index (χ3v) is 5.01. The Morgan fingerprint density at radius 3 is 2.50 bits per heavy atom. The molecule has 0 amide bonds.